The van der Waals surface area contributed by atoms with E-state index >= 15 is 0 Å². The molecule has 1 saturated heterocycles. The van der Waals surface area contributed by atoms with Crippen molar-refractivity contribution in [3.63, 3.8) is 0 Å². The Labute approximate surface area is 163 Å². The number of fused-ring (bicyclic) bond motifs is 1. The van der Waals surface area contributed by atoms with Crippen molar-refractivity contribution in [1.82, 2.24) is 14.9 Å². The van der Waals surface area contributed by atoms with Gasteiger partial charge in [-0.25, -0.2) is 4.98 Å². The maximum Gasteiger partial charge on any atom is 0.250 e. The molecule has 28 heavy (non-hydrogen) atoms. The summed E-state index contributed by atoms with van der Waals surface area (Å²) in [5.41, 5.74) is 9.23. The Morgan fingerprint density at radius 3 is 2.43 bits per heavy atom. The fourth-order valence-corrected chi connectivity index (χ4v) is 3.64. The second kappa shape index (κ2) is 7.44. The minimum Gasteiger partial charge on any atom is -0.369 e. The predicted octanol–water partition coefficient (Wildman–Crippen LogP) is 2.19. The van der Waals surface area contributed by atoms with E-state index in [4.69, 9.17) is 5.73 Å². The first-order chi connectivity index (χ1) is 13.5. The fraction of sp³-hybridized carbons (Fsp3) is 0.286. The van der Waals surface area contributed by atoms with Crippen molar-refractivity contribution in [3.8, 4) is 0 Å². The molecule has 0 spiro atoms. The number of imidazole rings is 1. The summed E-state index contributed by atoms with van der Waals surface area (Å²) in [4.78, 5) is 35.5. The van der Waals surface area contributed by atoms with Crippen LogP contribution in [0.3, 0.4) is 0 Å². The SMILES string of the molecule is CC(=O)c1ccc(N2CCN(Cc3nc4c(C(N)=O)cccc4[nH]3)CC2)cc1. The summed E-state index contributed by atoms with van der Waals surface area (Å²) in [6.45, 7) is 5.92. The molecular formula is C21H23N5O2. The maximum absolute atomic E-state index is 11.6. The van der Waals surface area contributed by atoms with Gasteiger partial charge in [-0.15, -0.1) is 0 Å². The monoisotopic (exact) mass is 377 g/mol. The number of nitrogens with two attached hydrogens (primary N) is 1. The molecule has 4 rings (SSSR count). The summed E-state index contributed by atoms with van der Waals surface area (Å²) in [6, 6.07) is 13.2. The van der Waals surface area contributed by atoms with Gasteiger partial charge in [0, 0.05) is 37.4 Å². The highest BCUT2D eigenvalue weighted by Crippen LogP contribution is 2.20. The van der Waals surface area contributed by atoms with Gasteiger partial charge in [0.05, 0.1) is 17.6 Å². The Morgan fingerprint density at radius 1 is 1.07 bits per heavy atom. The molecular weight excluding hydrogens is 354 g/mol. The van der Waals surface area contributed by atoms with Crippen LogP contribution >= 0.6 is 0 Å². The molecule has 1 aliphatic rings. The largest absolute Gasteiger partial charge is 0.369 e. The lowest BCUT2D eigenvalue weighted by molar-refractivity contribution is 0.0997. The van der Waals surface area contributed by atoms with E-state index in [1.54, 1.807) is 19.1 Å². The van der Waals surface area contributed by atoms with E-state index in [1.807, 2.05) is 30.3 Å². The normalized spacial score (nSPS) is 15.1. The van der Waals surface area contributed by atoms with Crippen LogP contribution in [0.5, 0.6) is 0 Å². The summed E-state index contributed by atoms with van der Waals surface area (Å²) in [6.07, 6.45) is 0. The van der Waals surface area contributed by atoms with Gasteiger partial charge >= 0.3 is 0 Å². The van der Waals surface area contributed by atoms with Crippen molar-refractivity contribution >= 4 is 28.4 Å². The highest BCUT2D eigenvalue weighted by Gasteiger charge is 2.19. The number of para-hydroxylation sites is 1. The van der Waals surface area contributed by atoms with Gasteiger partial charge in [0.1, 0.15) is 11.3 Å². The van der Waals surface area contributed by atoms with Gasteiger partial charge in [-0.1, -0.05) is 6.07 Å². The highest BCUT2D eigenvalue weighted by atomic mass is 16.1. The molecule has 0 saturated carbocycles. The number of nitrogens with one attached hydrogen (secondary N) is 1. The average molecular weight is 377 g/mol. The summed E-state index contributed by atoms with van der Waals surface area (Å²) >= 11 is 0. The van der Waals surface area contributed by atoms with Crippen LogP contribution in [-0.4, -0.2) is 52.7 Å². The van der Waals surface area contributed by atoms with Crippen molar-refractivity contribution < 1.29 is 9.59 Å². The van der Waals surface area contributed by atoms with E-state index in [1.165, 1.54) is 0 Å². The van der Waals surface area contributed by atoms with E-state index in [0.29, 0.717) is 17.6 Å². The first-order valence-corrected chi connectivity index (χ1v) is 9.37. The number of ketones is 1. The predicted molar refractivity (Wildman–Crippen MR) is 109 cm³/mol. The number of H-pyrrole nitrogens is 1. The summed E-state index contributed by atoms with van der Waals surface area (Å²) in [5.74, 6) is 0.456. The molecule has 1 fully saturated rings. The Kier molecular flexibility index (Phi) is 4.83. The van der Waals surface area contributed by atoms with Crippen LogP contribution in [0.2, 0.25) is 0 Å². The topological polar surface area (TPSA) is 95.3 Å². The van der Waals surface area contributed by atoms with E-state index < -0.39 is 5.91 Å². The zero-order valence-electron chi connectivity index (χ0n) is 15.8. The fourth-order valence-electron chi connectivity index (χ4n) is 3.64. The number of aromatic amines is 1. The number of carbonyl (C=O) groups is 2. The van der Waals surface area contributed by atoms with Crippen LogP contribution < -0.4 is 10.6 Å². The third kappa shape index (κ3) is 3.61. The van der Waals surface area contributed by atoms with Crippen LogP contribution in [0.1, 0.15) is 33.5 Å². The van der Waals surface area contributed by atoms with Crippen LogP contribution in [0.4, 0.5) is 5.69 Å². The molecule has 0 bridgehead atoms. The minimum absolute atomic E-state index is 0.0849. The Hall–Kier alpha value is -3.19. The number of benzene rings is 2. The average Bonchev–Trinajstić information content (AvgIpc) is 3.10. The van der Waals surface area contributed by atoms with Gasteiger partial charge in [-0.2, -0.15) is 0 Å². The number of carbonyl (C=O) groups excluding carboxylic acids is 2. The molecule has 1 aromatic heterocycles. The van der Waals surface area contributed by atoms with E-state index in [9.17, 15) is 9.59 Å². The van der Waals surface area contributed by atoms with Crippen LogP contribution in [0.25, 0.3) is 11.0 Å². The lowest BCUT2D eigenvalue weighted by atomic mass is 10.1. The van der Waals surface area contributed by atoms with Gasteiger partial charge in [-0.05, 0) is 43.3 Å². The molecule has 1 amide bonds. The Morgan fingerprint density at radius 2 is 1.79 bits per heavy atom. The standard InChI is InChI=1S/C21H23N5O2/c1-14(27)15-5-7-16(8-6-15)26-11-9-25(10-12-26)13-19-23-18-4-2-3-17(21(22)28)20(18)24-19/h2-8H,9-13H2,1H3,(H2,22,28)(H,23,24). The Bertz CT molecular complexity index is 1020. The molecule has 2 heterocycles. The van der Waals surface area contributed by atoms with Gasteiger partial charge in [-0.3, -0.25) is 14.5 Å². The smallest absolute Gasteiger partial charge is 0.250 e. The molecule has 2 aromatic carbocycles. The number of anilines is 1. The maximum atomic E-state index is 11.6. The van der Waals surface area contributed by atoms with Crippen molar-refractivity contribution in [3.05, 3.63) is 59.4 Å². The quantitative estimate of drug-likeness (QED) is 0.665. The number of aromatic nitrogens is 2. The lowest BCUT2D eigenvalue weighted by Crippen LogP contribution is -2.46. The van der Waals surface area contributed by atoms with Crippen LogP contribution in [0, 0.1) is 0 Å². The molecule has 7 heteroatoms. The van der Waals surface area contributed by atoms with Gasteiger partial charge in [0.15, 0.2) is 5.78 Å². The second-order valence-electron chi connectivity index (χ2n) is 7.12. The number of amides is 1. The van der Waals surface area contributed by atoms with Gasteiger partial charge in [0.25, 0.3) is 5.91 Å². The van der Waals surface area contributed by atoms with Gasteiger partial charge < -0.3 is 15.6 Å². The number of primary amides is 1. The minimum atomic E-state index is -0.465. The number of nitrogens with zero attached hydrogens (tertiary/aromatic N) is 3. The van der Waals surface area contributed by atoms with E-state index in [-0.39, 0.29) is 5.78 Å². The van der Waals surface area contributed by atoms with Gasteiger partial charge in [0.2, 0.25) is 0 Å². The molecule has 1 aliphatic heterocycles. The summed E-state index contributed by atoms with van der Waals surface area (Å²) < 4.78 is 0. The zero-order valence-corrected chi connectivity index (χ0v) is 15.8. The third-order valence-electron chi connectivity index (χ3n) is 5.21. The number of rotatable bonds is 5. The lowest BCUT2D eigenvalue weighted by Gasteiger charge is -2.35. The van der Waals surface area contributed by atoms with Crippen LogP contribution in [0.15, 0.2) is 42.5 Å². The summed E-state index contributed by atoms with van der Waals surface area (Å²) in [5, 5.41) is 0. The third-order valence-corrected chi connectivity index (χ3v) is 5.21. The van der Waals surface area contributed by atoms with Crippen molar-refractivity contribution in [2.24, 2.45) is 5.73 Å². The first-order valence-electron chi connectivity index (χ1n) is 9.37. The molecule has 3 aromatic rings. The van der Waals surface area contributed by atoms with E-state index in [0.717, 1.165) is 48.8 Å². The zero-order chi connectivity index (χ0) is 19.7. The molecule has 144 valence electrons. The Balaban J connectivity index is 1.40. The highest BCUT2D eigenvalue weighted by molar-refractivity contribution is 6.04. The number of Topliss-reactive ketones (excluding diaryl/α,β-unsaturated/α-hetero) is 1. The van der Waals surface area contributed by atoms with Crippen molar-refractivity contribution in [2.75, 3.05) is 31.1 Å². The molecule has 0 aliphatic carbocycles. The molecule has 0 unspecified atom stereocenters. The molecule has 7 nitrogen and oxygen atoms in total. The number of piperazine rings is 1. The van der Waals surface area contributed by atoms with Crippen molar-refractivity contribution in [2.45, 2.75) is 13.5 Å². The molecule has 3 N–H and O–H groups in total. The number of hydrogen-bond donors (Lipinski definition) is 2. The molecule has 0 atom stereocenters. The number of hydrogen-bond acceptors (Lipinski definition) is 5. The van der Waals surface area contributed by atoms with E-state index in [2.05, 4.69) is 19.8 Å². The van der Waals surface area contributed by atoms with Crippen LogP contribution in [-0.2, 0) is 6.54 Å². The second-order valence-corrected chi connectivity index (χ2v) is 7.12. The first kappa shape index (κ1) is 18.2. The molecule has 0 radical (unpaired) electrons. The summed E-state index contributed by atoms with van der Waals surface area (Å²) in [7, 11) is 0. The van der Waals surface area contributed by atoms with Crippen molar-refractivity contribution in [1.29, 1.82) is 0 Å².